The summed E-state index contributed by atoms with van der Waals surface area (Å²) in [6.07, 6.45) is 0.600. The SMILES string of the molecule is COCCc1nc(COC)cc(=O)[nH]1. The minimum atomic E-state index is -0.154. The van der Waals surface area contributed by atoms with E-state index in [1.807, 2.05) is 0 Å². The maximum atomic E-state index is 11.2. The van der Waals surface area contributed by atoms with Crippen LogP contribution in [0.1, 0.15) is 11.5 Å². The zero-order chi connectivity index (χ0) is 10.4. The molecular weight excluding hydrogens is 184 g/mol. The van der Waals surface area contributed by atoms with Crippen molar-refractivity contribution in [1.82, 2.24) is 9.97 Å². The van der Waals surface area contributed by atoms with Gasteiger partial charge in [-0.15, -0.1) is 0 Å². The molecule has 0 amide bonds. The number of ether oxygens (including phenoxy) is 2. The highest BCUT2D eigenvalue weighted by Crippen LogP contribution is 1.95. The number of aromatic nitrogens is 2. The monoisotopic (exact) mass is 198 g/mol. The van der Waals surface area contributed by atoms with Crippen molar-refractivity contribution in [3.63, 3.8) is 0 Å². The van der Waals surface area contributed by atoms with Gasteiger partial charge in [-0.1, -0.05) is 0 Å². The van der Waals surface area contributed by atoms with Gasteiger partial charge in [-0.05, 0) is 0 Å². The molecule has 0 spiro atoms. The summed E-state index contributed by atoms with van der Waals surface area (Å²) in [6.45, 7) is 0.892. The van der Waals surface area contributed by atoms with E-state index in [4.69, 9.17) is 9.47 Å². The molecule has 0 bridgehead atoms. The van der Waals surface area contributed by atoms with Gasteiger partial charge in [0.05, 0.1) is 18.9 Å². The maximum absolute atomic E-state index is 11.2. The molecule has 1 aromatic heterocycles. The summed E-state index contributed by atoms with van der Waals surface area (Å²) in [5, 5.41) is 0. The highest BCUT2D eigenvalue weighted by molar-refractivity contribution is 5.01. The van der Waals surface area contributed by atoms with Gasteiger partial charge in [0.1, 0.15) is 5.82 Å². The Morgan fingerprint density at radius 2 is 2.21 bits per heavy atom. The van der Waals surface area contributed by atoms with Crippen LogP contribution in [0, 0.1) is 0 Å². The first-order valence-electron chi connectivity index (χ1n) is 4.33. The lowest BCUT2D eigenvalue weighted by atomic mass is 10.3. The van der Waals surface area contributed by atoms with Crippen LogP contribution in [0.25, 0.3) is 0 Å². The lowest BCUT2D eigenvalue weighted by molar-refractivity contribution is 0.180. The van der Waals surface area contributed by atoms with E-state index in [-0.39, 0.29) is 5.56 Å². The van der Waals surface area contributed by atoms with Gasteiger partial charge in [0.2, 0.25) is 0 Å². The van der Waals surface area contributed by atoms with Gasteiger partial charge in [0.25, 0.3) is 5.56 Å². The Morgan fingerprint density at radius 3 is 2.86 bits per heavy atom. The van der Waals surface area contributed by atoms with E-state index in [2.05, 4.69) is 9.97 Å². The lowest BCUT2D eigenvalue weighted by Gasteiger charge is -2.02. The molecule has 0 radical (unpaired) electrons. The van der Waals surface area contributed by atoms with Crippen molar-refractivity contribution in [1.29, 1.82) is 0 Å². The quantitative estimate of drug-likeness (QED) is 0.729. The Bertz CT molecular complexity index is 335. The van der Waals surface area contributed by atoms with Crippen LogP contribution in [-0.4, -0.2) is 30.8 Å². The summed E-state index contributed by atoms with van der Waals surface area (Å²) < 4.78 is 9.79. The van der Waals surface area contributed by atoms with Crippen LogP contribution in [0.5, 0.6) is 0 Å². The van der Waals surface area contributed by atoms with Gasteiger partial charge in [0, 0.05) is 26.7 Å². The fourth-order valence-corrected chi connectivity index (χ4v) is 1.10. The van der Waals surface area contributed by atoms with E-state index in [1.165, 1.54) is 6.07 Å². The molecule has 5 heteroatoms. The fraction of sp³-hybridized carbons (Fsp3) is 0.556. The van der Waals surface area contributed by atoms with E-state index in [9.17, 15) is 4.79 Å². The maximum Gasteiger partial charge on any atom is 0.251 e. The smallest absolute Gasteiger partial charge is 0.251 e. The molecule has 0 aliphatic heterocycles. The highest BCUT2D eigenvalue weighted by Gasteiger charge is 2.00. The van der Waals surface area contributed by atoms with Crippen LogP contribution < -0.4 is 5.56 Å². The summed E-state index contributed by atoms with van der Waals surface area (Å²) in [5.41, 5.74) is 0.487. The minimum absolute atomic E-state index is 0.154. The first-order chi connectivity index (χ1) is 6.76. The summed E-state index contributed by atoms with van der Waals surface area (Å²) in [7, 11) is 3.18. The largest absolute Gasteiger partial charge is 0.384 e. The number of aromatic amines is 1. The number of hydrogen-bond acceptors (Lipinski definition) is 4. The van der Waals surface area contributed by atoms with Crippen molar-refractivity contribution >= 4 is 0 Å². The van der Waals surface area contributed by atoms with Crippen molar-refractivity contribution in [2.24, 2.45) is 0 Å². The van der Waals surface area contributed by atoms with E-state index in [0.29, 0.717) is 31.2 Å². The first kappa shape index (κ1) is 10.9. The molecule has 0 saturated carbocycles. The fourth-order valence-electron chi connectivity index (χ4n) is 1.10. The van der Waals surface area contributed by atoms with Crippen LogP contribution in [-0.2, 0) is 22.5 Å². The number of nitrogens with zero attached hydrogens (tertiary/aromatic N) is 1. The second-order valence-electron chi connectivity index (χ2n) is 2.86. The second kappa shape index (κ2) is 5.51. The van der Waals surface area contributed by atoms with Crippen molar-refractivity contribution in [2.75, 3.05) is 20.8 Å². The average molecular weight is 198 g/mol. The lowest BCUT2D eigenvalue weighted by Crippen LogP contribution is -2.14. The predicted molar refractivity (Wildman–Crippen MR) is 51.2 cm³/mol. The van der Waals surface area contributed by atoms with E-state index >= 15 is 0 Å². The first-order valence-corrected chi connectivity index (χ1v) is 4.33. The Labute approximate surface area is 82.1 Å². The molecule has 0 aliphatic rings. The topological polar surface area (TPSA) is 64.2 Å². The van der Waals surface area contributed by atoms with Crippen molar-refractivity contribution in [3.05, 3.63) is 27.9 Å². The predicted octanol–water partition coefficient (Wildman–Crippen LogP) is 0.105. The number of methoxy groups -OCH3 is 2. The van der Waals surface area contributed by atoms with E-state index in [0.717, 1.165) is 0 Å². The highest BCUT2D eigenvalue weighted by atomic mass is 16.5. The van der Waals surface area contributed by atoms with Crippen molar-refractivity contribution < 1.29 is 9.47 Å². The molecule has 0 fully saturated rings. The van der Waals surface area contributed by atoms with Crippen LogP contribution in [0.15, 0.2) is 10.9 Å². The molecule has 0 unspecified atom stereocenters. The summed E-state index contributed by atoms with van der Waals surface area (Å²) in [4.78, 5) is 18.0. The minimum Gasteiger partial charge on any atom is -0.384 e. The van der Waals surface area contributed by atoms with Gasteiger partial charge in [0.15, 0.2) is 0 Å². The third kappa shape index (κ3) is 3.27. The molecule has 1 N–H and O–H groups in total. The molecule has 0 aromatic carbocycles. The summed E-state index contributed by atoms with van der Waals surface area (Å²) >= 11 is 0. The van der Waals surface area contributed by atoms with Gasteiger partial charge >= 0.3 is 0 Å². The van der Waals surface area contributed by atoms with Crippen LogP contribution in [0.4, 0.5) is 0 Å². The van der Waals surface area contributed by atoms with Crippen LogP contribution >= 0.6 is 0 Å². The number of rotatable bonds is 5. The third-order valence-electron chi connectivity index (χ3n) is 1.68. The molecule has 1 aromatic rings. The molecule has 1 heterocycles. The molecule has 14 heavy (non-hydrogen) atoms. The van der Waals surface area contributed by atoms with Gasteiger partial charge in [-0.3, -0.25) is 4.79 Å². The van der Waals surface area contributed by atoms with Crippen LogP contribution in [0.2, 0.25) is 0 Å². The van der Waals surface area contributed by atoms with Gasteiger partial charge < -0.3 is 14.5 Å². The zero-order valence-electron chi connectivity index (χ0n) is 8.37. The Balaban J connectivity index is 2.78. The number of nitrogens with one attached hydrogen (secondary N) is 1. The van der Waals surface area contributed by atoms with Crippen LogP contribution in [0.3, 0.4) is 0 Å². The Morgan fingerprint density at radius 1 is 1.43 bits per heavy atom. The second-order valence-corrected chi connectivity index (χ2v) is 2.86. The zero-order valence-corrected chi connectivity index (χ0v) is 8.37. The standard InChI is InChI=1S/C9H14N2O3/c1-13-4-3-8-10-7(6-14-2)5-9(12)11-8/h5H,3-4,6H2,1-2H3,(H,10,11,12). The normalized spacial score (nSPS) is 10.4. The third-order valence-corrected chi connectivity index (χ3v) is 1.68. The number of hydrogen-bond donors (Lipinski definition) is 1. The van der Waals surface area contributed by atoms with Crippen molar-refractivity contribution in [2.45, 2.75) is 13.0 Å². The summed E-state index contributed by atoms with van der Waals surface area (Å²) in [6, 6.07) is 1.43. The molecule has 78 valence electrons. The van der Waals surface area contributed by atoms with E-state index < -0.39 is 0 Å². The molecule has 5 nitrogen and oxygen atoms in total. The van der Waals surface area contributed by atoms with Gasteiger partial charge in [-0.2, -0.15) is 0 Å². The molecule has 1 rings (SSSR count). The van der Waals surface area contributed by atoms with Gasteiger partial charge in [-0.25, -0.2) is 4.98 Å². The Kier molecular flexibility index (Phi) is 4.28. The molecular formula is C9H14N2O3. The molecule has 0 atom stereocenters. The van der Waals surface area contributed by atoms with E-state index in [1.54, 1.807) is 14.2 Å². The molecule has 0 saturated heterocycles. The molecule has 0 aliphatic carbocycles. The summed E-state index contributed by atoms with van der Waals surface area (Å²) in [5.74, 6) is 0.631. The number of H-pyrrole nitrogens is 1. The average Bonchev–Trinajstić information content (AvgIpc) is 2.14. The van der Waals surface area contributed by atoms with Crippen molar-refractivity contribution in [3.8, 4) is 0 Å². The Hall–Kier alpha value is -1.20.